The summed E-state index contributed by atoms with van der Waals surface area (Å²) in [5.74, 6) is -0.348. The Morgan fingerprint density at radius 2 is 2.10 bits per heavy atom. The van der Waals surface area contributed by atoms with E-state index < -0.39 is 0 Å². The lowest BCUT2D eigenvalue weighted by atomic mass is 10.1. The summed E-state index contributed by atoms with van der Waals surface area (Å²) in [5, 5.41) is 0. The largest absolute Gasteiger partial charge is 0.462 e. The number of benzene rings is 1. The van der Waals surface area contributed by atoms with E-state index >= 15 is 0 Å². The van der Waals surface area contributed by atoms with Crippen LogP contribution in [-0.2, 0) is 4.74 Å². The van der Waals surface area contributed by atoms with Crippen LogP contribution in [0.5, 0.6) is 0 Å². The number of likely N-dealkylation sites (N-methyl/N-ethyl adjacent to an activating group) is 1. The molecule has 1 fully saturated rings. The molecule has 0 aliphatic carbocycles. The van der Waals surface area contributed by atoms with Crippen molar-refractivity contribution < 1.29 is 9.53 Å². The molecule has 0 aromatic heterocycles. The molecule has 0 amide bonds. The summed E-state index contributed by atoms with van der Waals surface area (Å²) >= 11 is 0. The second-order valence-electron chi connectivity index (χ2n) is 5.10. The summed E-state index contributed by atoms with van der Waals surface area (Å²) in [6, 6.07) is 5.57. The summed E-state index contributed by atoms with van der Waals surface area (Å²) in [5.41, 5.74) is 8.09. The number of hydrogen-bond acceptors (Lipinski definition) is 5. The minimum absolute atomic E-state index is 0.348. The van der Waals surface area contributed by atoms with Crippen LogP contribution >= 0.6 is 0 Å². The number of carbonyl (C=O) groups excluding carboxylic acids is 1. The van der Waals surface area contributed by atoms with E-state index in [1.165, 1.54) is 0 Å². The van der Waals surface area contributed by atoms with Crippen molar-refractivity contribution in [1.29, 1.82) is 0 Å². The zero-order valence-electron chi connectivity index (χ0n) is 12.3. The van der Waals surface area contributed by atoms with E-state index in [-0.39, 0.29) is 5.97 Å². The van der Waals surface area contributed by atoms with Crippen molar-refractivity contribution in [2.45, 2.75) is 13.3 Å². The molecular weight excluding hydrogens is 254 g/mol. The maximum Gasteiger partial charge on any atom is 0.340 e. The number of esters is 1. The predicted molar refractivity (Wildman–Crippen MR) is 81.1 cm³/mol. The zero-order valence-corrected chi connectivity index (χ0v) is 12.3. The highest BCUT2D eigenvalue weighted by Gasteiger charge is 2.19. The summed E-state index contributed by atoms with van der Waals surface area (Å²) < 4.78 is 5.05. The van der Waals surface area contributed by atoms with E-state index in [9.17, 15) is 4.79 Å². The first-order valence-corrected chi connectivity index (χ1v) is 7.12. The number of para-hydroxylation sites is 1. The molecule has 1 heterocycles. The fraction of sp³-hybridized carbons (Fsp3) is 0.533. The van der Waals surface area contributed by atoms with Crippen molar-refractivity contribution in [2.24, 2.45) is 0 Å². The molecule has 5 heteroatoms. The second-order valence-corrected chi connectivity index (χ2v) is 5.10. The molecule has 0 bridgehead atoms. The summed E-state index contributed by atoms with van der Waals surface area (Å²) in [6.45, 7) is 6.13. The maximum atomic E-state index is 11.9. The van der Waals surface area contributed by atoms with Crippen LogP contribution in [0.4, 0.5) is 11.4 Å². The smallest absolute Gasteiger partial charge is 0.340 e. The summed E-state index contributed by atoms with van der Waals surface area (Å²) in [6.07, 6.45) is 1.10. The van der Waals surface area contributed by atoms with Crippen molar-refractivity contribution in [3.63, 3.8) is 0 Å². The first-order chi connectivity index (χ1) is 9.63. The monoisotopic (exact) mass is 277 g/mol. The van der Waals surface area contributed by atoms with Gasteiger partial charge in [0.15, 0.2) is 0 Å². The van der Waals surface area contributed by atoms with Gasteiger partial charge in [-0.2, -0.15) is 0 Å². The van der Waals surface area contributed by atoms with E-state index in [4.69, 9.17) is 10.5 Å². The molecule has 0 atom stereocenters. The lowest BCUT2D eigenvalue weighted by Crippen LogP contribution is -2.29. The summed E-state index contributed by atoms with van der Waals surface area (Å²) in [4.78, 5) is 16.5. The van der Waals surface area contributed by atoms with Crippen molar-refractivity contribution in [2.75, 3.05) is 50.5 Å². The van der Waals surface area contributed by atoms with Crippen molar-refractivity contribution in [1.82, 2.24) is 4.90 Å². The molecule has 1 aliphatic rings. The third-order valence-corrected chi connectivity index (χ3v) is 3.64. The van der Waals surface area contributed by atoms with E-state index in [0.29, 0.717) is 17.9 Å². The minimum atomic E-state index is -0.348. The normalized spacial score (nSPS) is 16.8. The van der Waals surface area contributed by atoms with Crippen LogP contribution in [0.2, 0.25) is 0 Å². The van der Waals surface area contributed by atoms with Gasteiger partial charge in [-0.05, 0) is 39.1 Å². The highest BCUT2D eigenvalue weighted by Crippen LogP contribution is 2.28. The minimum Gasteiger partial charge on any atom is -0.462 e. The van der Waals surface area contributed by atoms with Gasteiger partial charge in [0.2, 0.25) is 0 Å². The molecular formula is C15H23N3O2. The van der Waals surface area contributed by atoms with Crippen molar-refractivity contribution >= 4 is 17.3 Å². The molecule has 0 spiro atoms. The molecule has 1 saturated heterocycles. The molecule has 0 unspecified atom stereocenters. The first-order valence-electron chi connectivity index (χ1n) is 7.12. The van der Waals surface area contributed by atoms with Crippen LogP contribution in [-0.4, -0.2) is 50.7 Å². The van der Waals surface area contributed by atoms with Crippen LogP contribution < -0.4 is 10.6 Å². The fourth-order valence-electron chi connectivity index (χ4n) is 2.50. The van der Waals surface area contributed by atoms with Crippen LogP contribution in [0.3, 0.4) is 0 Å². The van der Waals surface area contributed by atoms with Crippen molar-refractivity contribution in [3.05, 3.63) is 23.8 Å². The van der Waals surface area contributed by atoms with E-state index in [1.54, 1.807) is 13.0 Å². The lowest BCUT2D eigenvalue weighted by molar-refractivity contribution is 0.0527. The number of carbonyl (C=O) groups is 1. The number of ether oxygens (including phenoxy) is 1. The molecule has 0 radical (unpaired) electrons. The van der Waals surface area contributed by atoms with Gasteiger partial charge in [0.05, 0.1) is 23.5 Å². The molecule has 1 aromatic carbocycles. The van der Waals surface area contributed by atoms with Crippen molar-refractivity contribution in [3.8, 4) is 0 Å². The topological polar surface area (TPSA) is 58.8 Å². The Labute approximate surface area is 120 Å². The average molecular weight is 277 g/mol. The molecule has 1 aliphatic heterocycles. The molecule has 110 valence electrons. The number of rotatable bonds is 3. The van der Waals surface area contributed by atoms with Gasteiger partial charge in [-0.1, -0.05) is 6.07 Å². The van der Waals surface area contributed by atoms with Gasteiger partial charge in [0.25, 0.3) is 0 Å². The maximum absolute atomic E-state index is 11.9. The summed E-state index contributed by atoms with van der Waals surface area (Å²) in [7, 11) is 2.13. The van der Waals surface area contributed by atoms with E-state index in [0.717, 1.165) is 38.3 Å². The van der Waals surface area contributed by atoms with Gasteiger partial charge in [-0.15, -0.1) is 0 Å². The van der Waals surface area contributed by atoms with Gasteiger partial charge in [-0.25, -0.2) is 4.79 Å². The Balaban J connectivity index is 2.23. The SMILES string of the molecule is CCOC(=O)c1cccc(N2CCCN(C)CC2)c1N. The molecule has 2 rings (SSSR count). The standard InChI is InChI=1S/C15H23N3O2/c1-3-20-15(19)12-6-4-7-13(14(12)16)18-9-5-8-17(2)10-11-18/h4,6-7H,3,5,8-11,16H2,1-2H3. The van der Waals surface area contributed by atoms with Gasteiger partial charge >= 0.3 is 5.97 Å². The lowest BCUT2D eigenvalue weighted by Gasteiger charge is -2.25. The highest BCUT2D eigenvalue weighted by molar-refractivity contribution is 5.98. The van der Waals surface area contributed by atoms with Crippen LogP contribution in [0.15, 0.2) is 18.2 Å². The Kier molecular flexibility index (Phi) is 4.84. The molecule has 20 heavy (non-hydrogen) atoms. The average Bonchev–Trinajstić information content (AvgIpc) is 2.64. The van der Waals surface area contributed by atoms with Gasteiger partial charge in [-0.3, -0.25) is 0 Å². The highest BCUT2D eigenvalue weighted by atomic mass is 16.5. The third-order valence-electron chi connectivity index (χ3n) is 3.64. The molecule has 1 aromatic rings. The van der Waals surface area contributed by atoms with E-state index in [1.807, 2.05) is 12.1 Å². The van der Waals surface area contributed by atoms with E-state index in [2.05, 4.69) is 16.8 Å². The molecule has 0 saturated carbocycles. The molecule has 5 nitrogen and oxygen atoms in total. The second kappa shape index (κ2) is 6.61. The number of nitrogens with zero attached hydrogens (tertiary/aromatic N) is 2. The van der Waals surface area contributed by atoms with Crippen LogP contribution in [0.25, 0.3) is 0 Å². The van der Waals surface area contributed by atoms with Gasteiger partial charge in [0.1, 0.15) is 0 Å². The van der Waals surface area contributed by atoms with Crippen LogP contribution in [0, 0.1) is 0 Å². The van der Waals surface area contributed by atoms with Gasteiger partial charge < -0.3 is 20.3 Å². The number of nitrogen functional groups attached to an aromatic ring is 1. The fourth-order valence-corrected chi connectivity index (χ4v) is 2.50. The number of anilines is 2. The zero-order chi connectivity index (χ0) is 14.5. The number of nitrogens with two attached hydrogens (primary N) is 1. The Bertz CT molecular complexity index is 476. The van der Waals surface area contributed by atoms with Crippen LogP contribution in [0.1, 0.15) is 23.7 Å². The Morgan fingerprint density at radius 1 is 1.30 bits per heavy atom. The Hall–Kier alpha value is -1.75. The predicted octanol–water partition coefficient (Wildman–Crippen LogP) is 1.59. The number of hydrogen-bond donors (Lipinski definition) is 1. The first kappa shape index (κ1) is 14.7. The Morgan fingerprint density at radius 3 is 2.85 bits per heavy atom. The quantitative estimate of drug-likeness (QED) is 0.671. The molecule has 2 N–H and O–H groups in total. The van der Waals surface area contributed by atoms with Gasteiger partial charge in [0, 0.05) is 19.6 Å². The third kappa shape index (κ3) is 3.22.